The van der Waals surface area contributed by atoms with E-state index < -0.39 is 11.6 Å². The monoisotopic (exact) mass is 329 g/mol. The summed E-state index contributed by atoms with van der Waals surface area (Å²) in [5.41, 5.74) is 0.728. The molecule has 124 valence electrons. The highest BCUT2D eigenvalue weighted by molar-refractivity contribution is 5.99. The lowest BCUT2D eigenvalue weighted by Gasteiger charge is -2.32. The summed E-state index contributed by atoms with van der Waals surface area (Å²) in [6, 6.07) is 12.1. The van der Waals surface area contributed by atoms with Gasteiger partial charge in [-0.1, -0.05) is 30.3 Å². The van der Waals surface area contributed by atoms with E-state index in [1.54, 1.807) is 29.2 Å². The molecule has 0 N–H and O–H groups in total. The summed E-state index contributed by atoms with van der Waals surface area (Å²) in [6.07, 6.45) is 1.42. The van der Waals surface area contributed by atoms with E-state index in [2.05, 4.69) is 0 Å². The fourth-order valence-electron chi connectivity index (χ4n) is 3.03. The molecule has 2 aromatic carbocycles. The molecule has 0 aliphatic carbocycles. The standard InChI is InChI=1S/C19H17F2NO2/c20-16-9-8-14(11-17(16)21)19(24)22-10-4-7-15(12-22)18(23)13-5-2-1-3-6-13/h1-3,5-6,8-9,11,15H,4,7,10,12H2. The lowest BCUT2D eigenvalue weighted by Crippen LogP contribution is -2.42. The molecular formula is C19H17F2NO2. The summed E-state index contributed by atoms with van der Waals surface area (Å²) in [5.74, 6) is -2.66. The zero-order chi connectivity index (χ0) is 17.1. The van der Waals surface area contributed by atoms with Gasteiger partial charge in [0.15, 0.2) is 17.4 Å². The molecule has 1 aliphatic rings. The number of amides is 1. The Kier molecular flexibility index (Phi) is 4.69. The summed E-state index contributed by atoms with van der Waals surface area (Å²) < 4.78 is 26.3. The minimum absolute atomic E-state index is 0.0124. The number of rotatable bonds is 3. The Morgan fingerprint density at radius 3 is 2.42 bits per heavy atom. The SMILES string of the molecule is O=C(c1ccccc1)C1CCCN(C(=O)c2ccc(F)c(F)c2)C1. The molecule has 1 heterocycles. The van der Waals surface area contributed by atoms with Gasteiger partial charge in [0, 0.05) is 30.1 Å². The second-order valence-corrected chi connectivity index (χ2v) is 5.95. The number of Topliss-reactive ketones (excluding diaryl/α,β-unsaturated/α-hetero) is 1. The molecule has 3 nitrogen and oxygen atoms in total. The van der Waals surface area contributed by atoms with Crippen molar-refractivity contribution in [3.05, 3.63) is 71.3 Å². The number of carbonyl (C=O) groups excluding carboxylic acids is 2. The lowest BCUT2D eigenvalue weighted by molar-refractivity contribution is 0.0636. The van der Waals surface area contributed by atoms with Gasteiger partial charge in [-0.15, -0.1) is 0 Å². The normalized spacial score (nSPS) is 17.6. The average molecular weight is 329 g/mol. The average Bonchev–Trinajstić information content (AvgIpc) is 2.63. The number of hydrogen-bond acceptors (Lipinski definition) is 2. The maximum Gasteiger partial charge on any atom is 0.253 e. The van der Waals surface area contributed by atoms with Crippen LogP contribution in [0.2, 0.25) is 0 Å². The van der Waals surface area contributed by atoms with Crippen LogP contribution in [0, 0.1) is 17.6 Å². The highest BCUT2D eigenvalue weighted by Crippen LogP contribution is 2.23. The van der Waals surface area contributed by atoms with Crippen LogP contribution in [0.5, 0.6) is 0 Å². The van der Waals surface area contributed by atoms with E-state index in [-0.39, 0.29) is 23.2 Å². The van der Waals surface area contributed by atoms with E-state index in [0.717, 1.165) is 18.6 Å². The van der Waals surface area contributed by atoms with Crippen LogP contribution in [-0.2, 0) is 0 Å². The van der Waals surface area contributed by atoms with Gasteiger partial charge in [-0.25, -0.2) is 8.78 Å². The highest BCUT2D eigenvalue weighted by Gasteiger charge is 2.29. The summed E-state index contributed by atoms with van der Waals surface area (Å²) in [6.45, 7) is 0.807. The largest absolute Gasteiger partial charge is 0.338 e. The van der Waals surface area contributed by atoms with Crippen molar-refractivity contribution in [3.63, 3.8) is 0 Å². The molecule has 0 saturated carbocycles. The third-order valence-corrected chi connectivity index (χ3v) is 4.30. The second kappa shape index (κ2) is 6.91. The molecule has 1 saturated heterocycles. The molecular weight excluding hydrogens is 312 g/mol. The van der Waals surface area contributed by atoms with Gasteiger partial charge in [0.05, 0.1) is 0 Å². The Morgan fingerprint density at radius 2 is 1.71 bits per heavy atom. The molecule has 1 aliphatic heterocycles. The molecule has 5 heteroatoms. The fourth-order valence-corrected chi connectivity index (χ4v) is 3.03. The minimum atomic E-state index is -1.05. The van der Waals surface area contributed by atoms with Crippen LogP contribution in [-0.4, -0.2) is 29.7 Å². The molecule has 0 spiro atoms. The number of piperidine rings is 1. The van der Waals surface area contributed by atoms with E-state index in [9.17, 15) is 18.4 Å². The Hall–Kier alpha value is -2.56. The van der Waals surface area contributed by atoms with Crippen LogP contribution < -0.4 is 0 Å². The molecule has 3 rings (SSSR count). The number of nitrogens with zero attached hydrogens (tertiary/aromatic N) is 1. The second-order valence-electron chi connectivity index (χ2n) is 5.95. The third-order valence-electron chi connectivity index (χ3n) is 4.30. The first-order chi connectivity index (χ1) is 11.6. The topological polar surface area (TPSA) is 37.4 Å². The van der Waals surface area contributed by atoms with Crippen molar-refractivity contribution >= 4 is 11.7 Å². The van der Waals surface area contributed by atoms with Gasteiger partial charge in [0.25, 0.3) is 5.91 Å². The molecule has 1 amide bonds. The van der Waals surface area contributed by atoms with E-state index in [1.807, 2.05) is 6.07 Å². The molecule has 1 unspecified atom stereocenters. The van der Waals surface area contributed by atoms with Crippen molar-refractivity contribution in [1.82, 2.24) is 4.90 Å². The first kappa shape index (κ1) is 16.3. The van der Waals surface area contributed by atoms with Gasteiger partial charge < -0.3 is 4.90 Å². The molecule has 24 heavy (non-hydrogen) atoms. The zero-order valence-electron chi connectivity index (χ0n) is 13.0. The van der Waals surface area contributed by atoms with Gasteiger partial charge >= 0.3 is 0 Å². The number of hydrogen-bond donors (Lipinski definition) is 0. The molecule has 0 aromatic heterocycles. The van der Waals surface area contributed by atoms with Crippen LogP contribution in [0.3, 0.4) is 0 Å². The van der Waals surface area contributed by atoms with Crippen molar-refractivity contribution < 1.29 is 18.4 Å². The van der Waals surface area contributed by atoms with Crippen molar-refractivity contribution in [1.29, 1.82) is 0 Å². The molecule has 1 atom stereocenters. The van der Waals surface area contributed by atoms with Crippen LogP contribution in [0.1, 0.15) is 33.6 Å². The summed E-state index contributed by atoms with van der Waals surface area (Å²) in [7, 11) is 0. The number of benzene rings is 2. The van der Waals surface area contributed by atoms with E-state index in [4.69, 9.17) is 0 Å². The third kappa shape index (κ3) is 3.35. The van der Waals surface area contributed by atoms with Gasteiger partial charge in [-0.2, -0.15) is 0 Å². The van der Waals surface area contributed by atoms with Crippen molar-refractivity contribution in [2.45, 2.75) is 12.8 Å². The number of ketones is 1. The van der Waals surface area contributed by atoms with Gasteiger partial charge in [0.2, 0.25) is 0 Å². The Bertz CT molecular complexity index is 761. The van der Waals surface area contributed by atoms with Crippen molar-refractivity contribution in [2.24, 2.45) is 5.92 Å². The Balaban J connectivity index is 1.74. The van der Waals surface area contributed by atoms with E-state index in [1.165, 1.54) is 6.07 Å². The Morgan fingerprint density at radius 1 is 0.958 bits per heavy atom. The van der Waals surface area contributed by atoms with E-state index in [0.29, 0.717) is 25.1 Å². The van der Waals surface area contributed by atoms with Gasteiger partial charge in [-0.05, 0) is 31.0 Å². The fraction of sp³-hybridized carbons (Fsp3) is 0.263. The smallest absolute Gasteiger partial charge is 0.253 e. The van der Waals surface area contributed by atoms with Gasteiger partial charge in [0.1, 0.15) is 0 Å². The maximum absolute atomic E-state index is 13.3. The molecule has 0 radical (unpaired) electrons. The first-order valence-electron chi connectivity index (χ1n) is 7.90. The molecule has 1 fully saturated rings. The number of carbonyl (C=O) groups is 2. The first-order valence-corrected chi connectivity index (χ1v) is 7.90. The van der Waals surface area contributed by atoms with Crippen LogP contribution >= 0.6 is 0 Å². The highest BCUT2D eigenvalue weighted by atomic mass is 19.2. The summed E-state index contributed by atoms with van der Waals surface area (Å²) in [5, 5.41) is 0. The maximum atomic E-state index is 13.3. The Labute approximate surface area is 138 Å². The zero-order valence-corrected chi connectivity index (χ0v) is 13.0. The lowest BCUT2D eigenvalue weighted by atomic mass is 9.89. The van der Waals surface area contributed by atoms with E-state index >= 15 is 0 Å². The van der Waals surface area contributed by atoms with Gasteiger partial charge in [-0.3, -0.25) is 9.59 Å². The van der Waals surface area contributed by atoms with Crippen LogP contribution in [0.4, 0.5) is 8.78 Å². The van der Waals surface area contributed by atoms with Crippen molar-refractivity contribution in [2.75, 3.05) is 13.1 Å². The quantitative estimate of drug-likeness (QED) is 0.805. The minimum Gasteiger partial charge on any atom is -0.338 e. The number of halogens is 2. The summed E-state index contributed by atoms with van der Waals surface area (Å²) >= 11 is 0. The van der Waals surface area contributed by atoms with Crippen LogP contribution in [0.15, 0.2) is 48.5 Å². The number of likely N-dealkylation sites (tertiary alicyclic amines) is 1. The predicted molar refractivity (Wildman–Crippen MR) is 85.8 cm³/mol. The molecule has 0 bridgehead atoms. The predicted octanol–water partition coefficient (Wildman–Crippen LogP) is 3.70. The van der Waals surface area contributed by atoms with Crippen molar-refractivity contribution in [3.8, 4) is 0 Å². The summed E-state index contributed by atoms with van der Waals surface area (Å²) in [4.78, 5) is 26.6. The molecule has 2 aromatic rings. The van der Waals surface area contributed by atoms with Crippen LogP contribution in [0.25, 0.3) is 0 Å².